The van der Waals surface area contributed by atoms with Crippen LogP contribution in [-0.4, -0.2) is 53.2 Å². The topological polar surface area (TPSA) is 81.8 Å². The first-order valence-corrected chi connectivity index (χ1v) is 12.4. The van der Waals surface area contributed by atoms with Gasteiger partial charge in [-0.05, 0) is 80.1 Å². The van der Waals surface area contributed by atoms with Crippen molar-refractivity contribution < 1.29 is 18.8 Å². The van der Waals surface area contributed by atoms with Crippen molar-refractivity contribution in [2.45, 2.75) is 57.7 Å². The van der Waals surface area contributed by atoms with Gasteiger partial charge < -0.3 is 10.2 Å². The van der Waals surface area contributed by atoms with Crippen molar-refractivity contribution in [3.05, 3.63) is 64.5 Å². The summed E-state index contributed by atoms with van der Waals surface area (Å²) in [6.45, 7) is 5.90. The Hall–Kier alpha value is -3.26. The smallest absolute Gasteiger partial charge is 0.255 e. The molecule has 2 aromatic rings. The first kappa shape index (κ1) is 23.5. The summed E-state index contributed by atoms with van der Waals surface area (Å²) in [5, 5.41) is 5.61. The monoisotopic (exact) mass is 478 g/mol. The second kappa shape index (κ2) is 9.77. The third kappa shape index (κ3) is 4.80. The number of carbonyl (C=O) groups is 3. The number of rotatable bonds is 6. The average Bonchev–Trinajstić information content (AvgIpc) is 3.16. The summed E-state index contributed by atoms with van der Waals surface area (Å²) < 4.78 is 15.1. The minimum atomic E-state index is -0.686. The number of piperidine rings is 2. The highest BCUT2D eigenvalue weighted by Gasteiger charge is 2.40. The fourth-order valence-corrected chi connectivity index (χ4v) is 5.51. The lowest BCUT2D eigenvalue weighted by Crippen LogP contribution is -2.52. The number of anilines is 1. The molecule has 2 aromatic carbocycles. The van der Waals surface area contributed by atoms with E-state index in [9.17, 15) is 14.4 Å². The Bertz CT molecular complexity index is 1140. The largest absolute Gasteiger partial charge is 0.385 e. The molecule has 2 fully saturated rings. The van der Waals surface area contributed by atoms with Crippen molar-refractivity contribution in [2.75, 3.05) is 25.0 Å². The van der Waals surface area contributed by atoms with Gasteiger partial charge in [0.15, 0.2) is 0 Å². The molecule has 0 saturated carbocycles. The molecule has 7 nitrogen and oxygen atoms in total. The highest BCUT2D eigenvalue weighted by molar-refractivity contribution is 6.05. The molecule has 5 rings (SSSR count). The van der Waals surface area contributed by atoms with Gasteiger partial charge in [0, 0.05) is 37.3 Å². The third-order valence-corrected chi connectivity index (χ3v) is 7.41. The summed E-state index contributed by atoms with van der Waals surface area (Å²) >= 11 is 0. The maximum absolute atomic E-state index is 15.1. The van der Waals surface area contributed by atoms with Gasteiger partial charge in [-0.15, -0.1) is 0 Å². The van der Waals surface area contributed by atoms with Gasteiger partial charge in [-0.2, -0.15) is 0 Å². The molecule has 184 valence electrons. The van der Waals surface area contributed by atoms with Crippen LogP contribution in [0, 0.1) is 5.82 Å². The Balaban J connectivity index is 1.23. The van der Waals surface area contributed by atoms with Crippen molar-refractivity contribution in [3.63, 3.8) is 0 Å². The average molecular weight is 479 g/mol. The van der Waals surface area contributed by atoms with Crippen LogP contribution in [0.3, 0.4) is 0 Å². The standard InChI is InChI=1S/C27H31FN4O3/c1-2-29-20-5-3-17(4-6-20)15-31-11-9-18(10-12-31)21-13-19-16-32(27(35)22(19)14-23(21)28)24-7-8-25(33)30-26(24)34/h3-6,13-14,18,24,29H,2,7-12,15-16H2,1H3,(H,30,33,34). The zero-order valence-electron chi connectivity index (χ0n) is 20.0. The third-order valence-electron chi connectivity index (χ3n) is 7.41. The van der Waals surface area contributed by atoms with Gasteiger partial charge in [-0.1, -0.05) is 18.2 Å². The molecule has 0 radical (unpaired) electrons. The van der Waals surface area contributed by atoms with E-state index < -0.39 is 11.9 Å². The van der Waals surface area contributed by atoms with E-state index in [0.717, 1.165) is 50.3 Å². The molecule has 0 aromatic heterocycles. The number of benzene rings is 2. The van der Waals surface area contributed by atoms with E-state index in [4.69, 9.17) is 0 Å². The Morgan fingerprint density at radius 2 is 1.80 bits per heavy atom. The van der Waals surface area contributed by atoms with Gasteiger partial charge in [0.2, 0.25) is 11.8 Å². The number of carbonyl (C=O) groups excluding carboxylic acids is 3. The van der Waals surface area contributed by atoms with Crippen molar-refractivity contribution in [1.82, 2.24) is 15.1 Å². The van der Waals surface area contributed by atoms with Crippen molar-refractivity contribution >= 4 is 23.4 Å². The molecule has 3 aliphatic rings. The molecule has 3 heterocycles. The molecule has 1 unspecified atom stereocenters. The van der Waals surface area contributed by atoms with E-state index in [1.165, 1.54) is 16.5 Å². The summed E-state index contributed by atoms with van der Waals surface area (Å²) in [5.41, 5.74) is 4.14. The highest BCUT2D eigenvalue weighted by atomic mass is 19.1. The van der Waals surface area contributed by atoms with Gasteiger partial charge in [0.25, 0.3) is 5.91 Å². The Morgan fingerprint density at radius 1 is 1.06 bits per heavy atom. The molecule has 0 bridgehead atoms. The second-order valence-corrected chi connectivity index (χ2v) is 9.71. The molecule has 3 amide bonds. The van der Waals surface area contributed by atoms with Crippen LogP contribution in [0.2, 0.25) is 0 Å². The number of hydrogen-bond donors (Lipinski definition) is 2. The van der Waals surface area contributed by atoms with E-state index in [1.807, 2.05) is 6.07 Å². The molecular weight excluding hydrogens is 447 g/mol. The van der Waals surface area contributed by atoms with Crippen LogP contribution in [0.4, 0.5) is 10.1 Å². The summed E-state index contributed by atoms with van der Waals surface area (Å²) in [5.74, 6) is -1.35. The minimum Gasteiger partial charge on any atom is -0.385 e. The van der Waals surface area contributed by atoms with E-state index in [1.54, 1.807) is 0 Å². The minimum absolute atomic E-state index is 0.104. The highest BCUT2D eigenvalue weighted by Crippen LogP contribution is 2.35. The summed E-state index contributed by atoms with van der Waals surface area (Å²) in [6.07, 6.45) is 2.22. The van der Waals surface area contributed by atoms with Crippen LogP contribution in [0.15, 0.2) is 36.4 Å². The number of amides is 3. The SMILES string of the molecule is CCNc1ccc(CN2CCC(c3cc4c(cc3F)C(=O)N(C3CCC(=O)NC3=O)C4)CC2)cc1. The predicted molar refractivity (Wildman–Crippen MR) is 130 cm³/mol. The molecular formula is C27H31FN4O3. The fraction of sp³-hybridized carbons (Fsp3) is 0.444. The Labute approximate surface area is 204 Å². The van der Waals surface area contributed by atoms with Crippen LogP contribution >= 0.6 is 0 Å². The number of imide groups is 1. The van der Waals surface area contributed by atoms with Gasteiger partial charge in [0.05, 0.1) is 0 Å². The van der Waals surface area contributed by atoms with Crippen LogP contribution in [-0.2, 0) is 22.7 Å². The first-order chi connectivity index (χ1) is 16.9. The van der Waals surface area contributed by atoms with Gasteiger partial charge in [0.1, 0.15) is 11.9 Å². The molecule has 1 atom stereocenters. The van der Waals surface area contributed by atoms with Crippen LogP contribution in [0.25, 0.3) is 0 Å². The van der Waals surface area contributed by atoms with Crippen molar-refractivity contribution in [1.29, 1.82) is 0 Å². The van der Waals surface area contributed by atoms with Crippen molar-refractivity contribution in [2.24, 2.45) is 0 Å². The molecule has 0 spiro atoms. The lowest BCUT2D eigenvalue weighted by Gasteiger charge is -2.32. The van der Waals surface area contributed by atoms with Crippen molar-refractivity contribution in [3.8, 4) is 0 Å². The Morgan fingerprint density at radius 3 is 2.49 bits per heavy atom. The molecule has 2 N–H and O–H groups in total. The maximum Gasteiger partial charge on any atom is 0.255 e. The fourth-order valence-electron chi connectivity index (χ4n) is 5.51. The van der Waals surface area contributed by atoms with Crippen LogP contribution in [0.1, 0.15) is 65.6 Å². The zero-order valence-corrected chi connectivity index (χ0v) is 20.0. The molecule has 2 saturated heterocycles. The molecule has 0 aliphatic carbocycles. The Kier molecular flexibility index (Phi) is 6.56. The lowest BCUT2D eigenvalue weighted by atomic mass is 9.87. The lowest BCUT2D eigenvalue weighted by molar-refractivity contribution is -0.136. The van der Waals surface area contributed by atoms with Crippen LogP contribution < -0.4 is 10.6 Å². The predicted octanol–water partition coefficient (Wildman–Crippen LogP) is 3.40. The number of nitrogens with zero attached hydrogens (tertiary/aromatic N) is 2. The zero-order chi connectivity index (χ0) is 24.5. The van der Waals surface area contributed by atoms with E-state index in [0.29, 0.717) is 17.5 Å². The summed E-state index contributed by atoms with van der Waals surface area (Å²) in [6, 6.07) is 11.0. The maximum atomic E-state index is 15.1. The first-order valence-electron chi connectivity index (χ1n) is 12.4. The summed E-state index contributed by atoms with van der Waals surface area (Å²) in [7, 11) is 0. The van der Waals surface area contributed by atoms with E-state index >= 15 is 4.39 Å². The number of nitrogens with one attached hydrogen (secondary N) is 2. The van der Waals surface area contributed by atoms with E-state index in [-0.39, 0.29) is 36.5 Å². The normalized spacial score (nSPS) is 21.3. The summed E-state index contributed by atoms with van der Waals surface area (Å²) in [4.78, 5) is 40.5. The van der Waals surface area contributed by atoms with Gasteiger partial charge in [-0.3, -0.25) is 24.6 Å². The number of hydrogen-bond acceptors (Lipinski definition) is 5. The van der Waals surface area contributed by atoms with Gasteiger partial charge in [-0.25, -0.2) is 4.39 Å². The molecule has 8 heteroatoms. The number of halogens is 1. The molecule has 35 heavy (non-hydrogen) atoms. The van der Waals surface area contributed by atoms with Gasteiger partial charge >= 0.3 is 0 Å². The second-order valence-electron chi connectivity index (χ2n) is 9.71. The van der Waals surface area contributed by atoms with E-state index in [2.05, 4.69) is 46.7 Å². The number of likely N-dealkylation sites (tertiary alicyclic amines) is 1. The number of fused-ring (bicyclic) bond motifs is 1. The van der Waals surface area contributed by atoms with Crippen LogP contribution in [0.5, 0.6) is 0 Å². The molecule has 3 aliphatic heterocycles. The quantitative estimate of drug-likeness (QED) is 0.622.